The molecule has 32 heavy (non-hydrogen) atoms. The third kappa shape index (κ3) is 3.65. The van der Waals surface area contributed by atoms with Crippen LogP contribution in [0.1, 0.15) is 22.3 Å². The molecule has 1 aliphatic rings. The molecule has 0 saturated carbocycles. The Morgan fingerprint density at radius 3 is 2.16 bits per heavy atom. The molecule has 0 atom stereocenters. The van der Waals surface area contributed by atoms with E-state index in [9.17, 15) is 19.7 Å². The number of para-hydroxylation sites is 1. The van der Waals surface area contributed by atoms with Gasteiger partial charge in [0, 0.05) is 17.8 Å². The second-order valence-electron chi connectivity index (χ2n) is 7.73. The topological polar surface area (TPSA) is 92.6 Å². The summed E-state index contributed by atoms with van der Waals surface area (Å²) < 4.78 is 0. The number of carbonyl (C=O) groups is 2. The third-order valence-electron chi connectivity index (χ3n) is 5.45. The summed E-state index contributed by atoms with van der Waals surface area (Å²) in [7, 11) is 0. The van der Waals surface area contributed by atoms with E-state index < -0.39 is 16.7 Å². The molecule has 3 aromatic rings. The van der Waals surface area contributed by atoms with Crippen molar-refractivity contribution in [1.29, 1.82) is 0 Å². The van der Waals surface area contributed by atoms with Gasteiger partial charge in [0.15, 0.2) is 0 Å². The number of aryl methyl sites for hydroxylation is 3. The largest absolute Gasteiger partial charge is 0.350 e. The number of carbonyl (C=O) groups excluding carboxylic acids is 2. The van der Waals surface area contributed by atoms with Crippen LogP contribution < -0.4 is 10.2 Å². The quantitative estimate of drug-likeness (QED) is 0.355. The number of rotatable bonds is 5. The molecule has 0 bridgehead atoms. The lowest BCUT2D eigenvalue weighted by Crippen LogP contribution is -2.33. The molecule has 7 heteroatoms. The molecule has 0 spiro atoms. The minimum Gasteiger partial charge on any atom is -0.350 e. The second-order valence-corrected chi connectivity index (χ2v) is 7.73. The van der Waals surface area contributed by atoms with Crippen molar-refractivity contribution in [2.75, 3.05) is 10.2 Å². The Kier molecular flexibility index (Phi) is 5.32. The first kappa shape index (κ1) is 21.0. The van der Waals surface area contributed by atoms with E-state index in [2.05, 4.69) is 5.32 Å². The van der Waals surface area contributed by atoms with Gasteiger partial charge in [-0.15, -0.1) is 0 Å². The number of imide groups is 1. The molecule has 0 saturated heterocycles. The summed E-state index contributed by atoms with van der Waals surface area (Å²) in [5.41, 5.74) is 4.58. The monoisotopic (exact) mass is 427 g/mol. The summed E-state index contributed by atoms with van der Waals surface area (Å²) in [5, 5.41) is 14.2. The van der Waals surface area contributed by atoms with E-state index in [-0.39, 0.29) is 17.0 Å². The maximum atomic E-state index is 13.5. The van der Waals surface area contributed by atoms with Gasteiger partial charge >= 0.3 is 0 Å². The molecular weight excluding hydrogens is 406 g/mol. The maximum Gasteiger partial charge on any atom is 0.282 e. The van der Waals surface area contributed by atoms with Gasteiger partial charge in [-0.3, -0.25) is 19.7 Å². The highest BCUT2D eigenvalue weighted by atomic mass is 16.6. The highest BCUT2D eigenvalue weighted by molar-refractivity contribution is 6.46. The molecule has 160 valence electrons. The number of nitrogens with one attached hydrogen (secondary N) is 1. The fourth-order valence-electron chi connectivity index (χ4n) is 3.79. The van der Waals surface area contributed by atoms with Crippen LogP contribution in [0.3, 0.4) is 0 Å². The highest BCUT2D eigenvalue weighted by Gasteiger charge is 2.41. The normalized spacial score (nSPS) is 13.7. The van der Waals surface area contributed by atoms with Crippen LogP contribution in [0.4, 0.5) is 17.1 Å². The number of amides is 2. The number of nitrogens with zero attached hydrogens (tertiary/aromatic N) is 2. The number of benzene rings is 3. The van der Waals surface area contributed by atoms with Gasteiger partial charge in [-0.05, 0) is 61.7 Å². The average Bonchev–Trinajstić information content (AvgIpc) is 2.99. The van der Waals surface area contributed by atoms with E-state index in [4.69, 9.17) is 0 Å². The van der Waals surface area contributed by atoms with Crippen molar-refractivity contribution in [3.63, 3.8) is 0 Å². The van der Waals surface area contributed by atoms with Crippen LogP contribution in [0.2, 0.25) is 0 Å². The Labute approximate surface area is 185 Å². The van der Waals surface area contributed by atoms with Crippen LogP contribution >= 0.6 is 0 Å². The molecule has 7 nitrogen and oxygen atoms in total. The fraction of sp³-hybridized carbons (Fsp3) is 0.120. The Morgan fingerprint density at radius 1 is 0.844 bits per heavy atom. The molecule has 2 amide bonds. The Morgan fingerprint density at radius 2 is 1.53 bits per heavy atom. The molecule has 0 aromatic heterocycles. The van der Waals surface area contributed by atoms with E-state index in [0.29, 0.717) is 16.9 Å². The van der Waals surface area contributed by atoms with Crippen LogP contribution in [0.15, 0.2) is 72.4 Å². The van der Waals surface area contributed by atoms with Crippen molar-refractivity contribution in [1.82, 2.24) is 0 Å². The zero-order chi connectivity index (χ0) is 23.0. The second kappa shape index (κ2) is 8.11. The average molecular weight is 427 g/mol. The first-order valence-corrected chi connectivity index (χ1v) is 10.1. The summed E-state index contributed by atoms with van der Waals surface area (Å²) >= 11 is 0. The van der Waals surface area contributed by atoms with Gasteiger partial charge in [0.25, 0.3) is 17.5 Å². The molecule has 0 unspecified atom stereocenters. The molecular formula is C25H21N3O4. The predicted molar refractivity (Wildman–Crippen MR) is 123 cm³/mol. The number of hydrogen-bond acceptors (Lipinski definition) is 5. The zero-order valence-corrected chi connectivity index (χ0v) is 17.9. The van der Waals surface area contributed by atoms with Crippen LogP contribution in [-0.4, -0.2) is 16.7 Å². The molecule has 0 fully saturated rings. The Hall–Kier alpha value is -4.26. The molecule has 4 rings (SSSR count). The predicted octanol–water partition coefficient (Wildman–Crippen LogP) is 4.92. The fourth-order valence-corrected chi connectivity index (χ4v) is 3.79. The lowest BCUT2D eigenvalue weighted by atomic mass is 10.0. The lowest BCUT2D eigenvalue weighted by Gasteiger charge is -2.18. The van der Waals surface area contributed by atoms with E-state index in [1.807, 2.05) is 57.2 Å². The lowest BCUT2D eigenvalue weighted by molar-refractivity contribution is -0.384. The van der Waals surface area contributed by atoms with E-state index in [0.717, 1.165) is 21.6 Å². The first-order chi connectivity index (χ1) is 15.3. The smallest absolute Gasteiger partial charge is 0.282 e. The van der Waals surface area contributed by atoms with Crippen molar-refractivity contribution < 1.29 is 14.5 Å². The van der Waals surface area contributed by atoms with E-state index >= 15 is 0 Å². The summed E-state index contributed by atoms with van der Waals surface area (Å²) in [4.78, 5) is 38.7. The Balaban J connectivity index is 1.85. The Bertz CT molecular complexity index is 1290. The van der Waals surface area contributed by atoms with Gasteiger partial charge in [0.2, 0.25) is 0 Å². The summed E-state index contributed by atoms with van der Waals surface area (Å²) in [6, 6.07) is 18.6. The highest BCUT2D eigenvalue weighted by Crippen LogP contribution is 2.36. The van der Waals surface area contributed by atoms with Crippen LogP contribution in [-0.2, 0) is 9.59 Å². The molecule has 1 N–H and O–H groups in total. The van der Waals surface area contributed by atoms with Gasteiger partial charge in [0.05, 0.1) is 16.2 Å². The van der Waals surface area contributed by atoms with Crippen molar-refractivity contribution in [2.24, 2.45) is 0 Å². The molecule has 1 aliphatic heterocycles. The minimum atomic E-state index is -0.506. The number of non-ortho nitro benzene ring substituents is 1. The summed E-state index contributed by atoms with van der Waals surface area (Å²) in [6.07, 6.45) is 0. The first-order valence-electron chi connectivity index (χ1n) is 10.1. The van der Waals surface area contributed by atoms with Gasteiger partial charge in [-0.1, -0.05) is 35.9 Å². The molecule has 0 aliphatic carbocycles. The maximum absolute atomic E-state index is 13.5. The van der Waals surface area contributed by atoms with Crippen LogP contribution in [0.25, 0.3) is 5.57 Å². The summed E-state index contributed by atoms with van der Waals surface area (Å²) in [6.45, 7) is 5.69. The van der Waals surface area contributed by atoms with E-state index in [1.54, 1.807) is 6.07 Å². The minimum absolute atomic E-state index is 0.0919. The van der Waals surface area contributed by atoms with E-state index in [1.165, 1.54) is 24.3 Å². The summed E-state index contributed by atoms with van der Waals surface area (Å²) in [5.74, 6) is -0.953. The van der Waals surface area contributed by atoms with Crippen LogP contribution in [0.5, 0.6) is 0 Å². The van der Waals surface area contributed by atoms with Crippen molar-refractivity contribution in [3.05, 3.63) is 105 Å². The number of anilines is 2. The number of nitro groups is 1. The SMILES string of the molecule is Cc1ccc(N2C(=O)C(Nc3ccccc3C)=C(c3ccc([N+](=O)[O-])cc3)C2=O)c(C)c1. The number of nitro benzene ring substituents is 1. The van der Waals surface area contributed by atoms with Crippen molar-refractivity contribution in [3.8, 4) is 0 Å². The standard InChI is InChI=1S/C25H21N3O4/c1-15-8-13-21(17(3)14-15)27-24(29)22(18-9-11-19(12-10-18)28(31)32)23(25(27)30)26-20-7-5-4-6-16(20)2/h4-14,26H,1-3H3. The van der Waals surface area contributed by atoms with Crippen molar-refractivity contribution in [2.45, 2.75) is 20.8 Å². The van der Waals surface area contributed by atoms with Gasteiger partial charge < -0.3 is 5.32 Å². The van der Waals surface area contributed by atoms with Crippen LogP contribution in [0, 0.1) is 30.9 Å². The molecule has 3 aromatic carbocycles. The molecule has 0 radical (unpaired) electrons. The number of hydrogen-bond donors (Lipinski definition) is 1. The molecule has 1 heterocycles. The van der Waals surface area contributed by atoms with Gasteiger partial charge in [0.1, 0.15) is 5.70 Å². The third-order valence-corrected chi connectivity index (χ3v) is 5.45. The zero-order valence-electron chi connectivity index (χ0n) is 17.9. The van der Waals surface area contributed by atoms with Gasteiger partial charge in [-0.2, -0.15) is 0 Å². The van der Waals surface area contributed by atoms with Crippen molar-refractivity contribution >= 4 is 34.4 Å². The van der Waals surface area contributed by atoms with Gasteiger partial charge in [-0.25, -0.2) is 4.90 Å².